The van der Waals surface area contributed by atoms with Crippen LogP contribution in [0.2, 0.25) is 5.02 Å². The Balaban J connectivity index is 1.58. The molecule has 4 rings (SSSR count). The Morgan fingerprint density at radius 1 is 1.17 bits per heavy atom. The zero-order valence-electron chi connectivity index (χ0n) is 15.8. The average molecular weight is 450 g/mol. The lowest BCUT2D eigenvalue weighted by Crippen LogP contribution is -2.37. The van der Waals surface area contributed by atoms with Gasteiger partial charge in [-0.2, -0.15) is 19.8 Å². The molecule has 0 atom stereocenters. The Labute approximate surface area is 179 Å². The van der Waals surface area contributed by atoms with E-state index < -0.39 is 10.0 Å². The molecule has 0 N–H and O–H groups in total. The van der Waals surface area contributed by atoms with Crippen LogP contribution in [-0.2, 0) is 10.0 Å². The number of benzene rings is 1. The summed E-state index contributed by atoms with van der Waals surface area (Å²) in [4.78, 5) is 16.6. The topological polar surface area (TPSA) is 70.1 Å². The number of amidine groups is 1. The summed E-state index contributed by atoms with van der Waals surface area (Å²) >= 11 is 7.55. The predicted octanol–water partition coefficient (Wildman–Crippen LogP) is 3.72. The lowest BCUT2D eigenvalue weighted by Gasteiger charge is -2.23. The van der Waals surface area contributed by atoms with Crippen LogP contribution in [0.3, 0.4) is 0 Å². The number of sulfonamides is 1. The van der Waals surface area contributed by atoms with Gasteiger partial charge in [-0.1, -0.05) is 23.7 Å². The van der Waals surface area contributed by atoms with Gasteiger partial charge in [-0.3, -0.25) is 4.79 Å². The minimum Gasteiger partial charge on any atom is -0.354 e. The molecule has 0 spiro atoms. The van der Waals surface area contributed by atoms with Gasteiger partial charge in [-0.25, -0.2) is 0 Å². The Hall–Kier alpha value is -2.16. The van der Waals surface area contributed by atoms with Gasteiger partial charge in [0.15, 0.2) is 0 Å². The standard InChI is InChI=1S/C20H20ClN3O3S2/c1-14-18(15-4-2-5-17(21)12-15)29(26,27)22-19(14)23-7-3-8-24(10-9-23)20(25)16-6-11-28-13-16/h2,4-6,11-13H,3,7-10H2,1H3. The lowest BCUT2D eigenvalue weighted by molar-refractivity contribution is 0.0764. The molecular formula is C20H20ClN3O3S2. The van der Waals surface area contributed by atoms with E-state index in [1.807, 2.05) is 26.6 Å². The molecule has 0 saturated carbocycles. The van der Waals surface area contributed by atoms with Gasteiger partial charge in [0.2, 0.25) is 0 Å². The van der Waals surface area contributed by atoms with E-state index in [-0.39, 0.29) is 10.8 Å². The highest BCUT2D eigenvalue weighted by Gasteiger charge is 2.34. The normalized spacial score (nSPS) is 19.3. The summed E-state index contributed by atoms with van der Waals surface area (Å²) in [5.41, 5.74) is 1.85. The molecule has 0 radical (unpaired) electrons. The third-order valence-electron chi connectivity index (χ3n) is 5.08. The molecule has 2 aliphatic heterocycles. The van der Waals surface area contributed by atoms with Crippen LogP contribution in [0.4, 0.5) is 0 Å². The number of rotatable bonds is 2. The molecule has 9 heteroatoms. The van der Waals surface area contributed by atoms with Crippen LogP contribution in [0.15, 0.2) is 51.1 Å². The van der Waals surface area contributed by atoms with Gasteiger partial charge in [0, 0.05) is 42.2 Å². The molecule has 0 unspecified atom stereocenters. The third kappa shape index (κ3) is 3.97. The molecule has 0 aliphatic carbocycles. The highest BCUT2D eigenvalue weighted by atomic mass is 35.5. The number of hydrogen-bond donors (Lipinski definition) is 0. The van der Waals surface area contributed by atoms with E-state index in [2.05, 4.69) is 4.40 Å². The van der Waals surface area contributed by atoms with Crippen molar-refractivity contribution in [2.24, 2.45) is 4.40 Å². The van der Waals surface area contributed by atoms with Gasteiger partial charge in [0.05, 0.1) is 5.56 Å². The van der Waals surface area contributed by atoms with Gasteiger partial charge in [0.25, 0.3) is 15.9 Å². The molecule has 1 fully saturated rings. The minimum atomic E-state index is -3.79. The van der Waals surface area contributed by atoms with Gasteiger partial charge in [0.1, 0.15) is 10.7 Å². The predicted molar refractivity (Wildman–Crippen MR) is 117 cm³/mol. The molecule has 29 heavy (non-hydrogen) atoms. The van der Waals surface area contributed by atoms with E-state index in [0.29, 0.717) is 53.7 Å². The van der Waals surface area contributed by atoms with Crippen molar-refractivity contribution < 1.29 is 13.2 Å². The first-order valence-electron chi connectivity index (χ1n) is 9.25. The van der Waals surface area contributed by atoms with Crippen LogP contribution < -0.4 is 0 Å². The maximum absolute atomic E-state index is 12.8. The van der Waals surface area contributed by atoms with Gasteiger partial charge >= 0.3 is 0 Å². The molecule has 152 valence electrons. The molecular weight excluding hydrogens is 430 g/mol. The summed E-state index contributed by atoms with van der Waals surface area (Å²) in [5.74, 6) is 0.478. The summed E-state index contributed by atoms with van der Waals surface area (Å²) in [6, 6.07) is 8.63. The molecule has 1 amide bonds. The number of nitrogens with zero attached hydrogens (tertiary/aromatic N) is 3. The summed E-state index contributed by atoms with van der Waals surface area (Å²) in [5, 5.41) is 4.22. The fraction of sp³-hybridized carbons (Fsp3) is 0.300. The van der Waals surface area contributed by atoms with Crippen molar-refractivity contribution >= 4 is 49.6 Å². The van der Waals surface area contributed by atoms with Crippen LogP contribution in [-0.4, -0.2) is 56.1 Å². The Bertz CT molecular complexity index is 1110. The maximum Gasteiger partial charge on any atom is 0.285 e. The Kier molecular flexibility index (Phi) is 5.50. The van der Waals surface area contributed by atoms with Gasteiger partial charge in [-0.15, -0.1) is 4.40 Å². The zero-order chi connectivity index (χ0) is 20.6. The van der Waals surface area contributed by atoms with Crippen LogP contribution in [0.1, 0.15) is 29.3 Å². The monoisotopic (exact) mass is 449 g/mol. The molecule has 2 aromatic rings. The molecule has 0 bridgehead atoms. The van der Waals surface area contributed by atoms with E-state index in [4.69, 9.17) is 11.6 Å². The summed E-state index contributed by atoms with van der Waals surface area (Å²) in [6.07, 6.45) is 0.745. The minimum absolute atomic E-state index is 0.0148. The number of halogens is 1. The SMILES string of the molecule is CC1=C(c2cccc(Cl)c2)S(=O)(=O)N=C1N1CCCN(C(=O)c2ccsc2)CC1. The van der Waals surface area contributed by atoms with Crippen molar-refractivity contribution in [2.75, 3.05) is 26.2 Å². The first kappa shape index (κ1) is 20.1. The van der Waals surface area contributed by atoms with E-state index in [0.717, 1.165) is 6.42 Å². The fourth-order valence-electron chi connectivity index (χ4n) is 3.71. The second-order valence-electron chi connectivity index (χ2n) is 7.00. The highest BCUT2D eigenvalue weighted by molar-refractivity contribution is 8.00. The summed E-state index contributed by atoms with van der Waals surface area (Å²) in [6.45, 7) is 4.10. The second-order valence-corrected chi connectivity index (χ2v) is 9.76. The lowest BCUT2D eigenvalue weighted by atomic mass is 10.1. The fourth-order valence-corrected chi connectivity index (χ4v) is 6.01. The van der Waals surface area contributed by atoms with E-state index >= 15 is 0 Å². The smallest absolute Gasteiger partial charge is 0.285 e. The largest absolute Gasteiger partial charge is 0.354 e. The number of thiophene rings is 1. The highest BCUT2D eigenvalue weighted by Crippen LogP contribution is 2.34. The Morgan fingerprint density at radius 3 is 2.72 bits per heavy atom. The molecule has 1 aromatic carbocycles. The molecule has 1 saturated heterocycles. The quantitative estimate of drug-likeness (QED) is 0.700. The van der Waals surface area contributed by atoms with Gasteiger partial charge < -0.3 is 9.80 Å². The number of carbonyl (C=O) groups excluding carboxylic acids is 1. The van der Waals surface area contributed by atoms with Crippen molar-refractivity contribution in [3.8, 4) is 0 Å². The molecule has 3 heterocycles. The molecule has 6 nitrogen and oxygen atoms in total. The van der Waals surface area contributed by atoms with E-state index in [1.165, 1.54) is 11.3 Å². The first-order chi connectivity index (χ1) is 13.9. The van der Waals surface area contributed by atoms with Crippen molar-refractivity contribution in [2.45, 2.75) is 13.3 Å². The second kappa shape index (κ2) is 7.93. The van der Waals surface area contributed by atoms with Crippen molar-refractivity contribution in [3.05, 3.63) is 62.8 Å². The van der Waals surface area contributed by atoms with Crippen molar-refractivity contribution in [1.82, 2.24) is 9.80 Å². The van der Waals surface area contributed by atoms with Crippen LogP contribution in [0.25, 0.3) is 4.91 Å². The third-order valence-corrected chi connectivity index (χ3v) is 7.47. The van der Waals surface area contributed by atoms with Crippen LogP contribution >= 0.6 is 22.9 Å². The number of carbonyl (C=O) groups is 1. The van der Waals surface area contributed by atoms with Crippen LogP contribution in [0, 0.1) is 0 Å². The average Bonchev–Trinajstić information content (AvgIpc) is 3.20. The molecule has 2 aliphatic rings. The first-order valence-corrected chi connectivity index (χ1v) is 12.0. The van der Waals surface area contributed by atoms with E-state index in [9.17, 15) is 13.2 Å². The van der Waals surface area contributed by atoms with Crippen LogP contribution in [0.5, 0.6) is 0 Å². The van der Waals surface area contributed by atoms with Gasteiger partial charge in [-0.05, 0) is 42.5 Å². The number of amides is 1. The zero-order valence-corrected chi connectivity index (χ0v) is 18.2. The Morgan fingerprint density at radius 2 is 2.00 bits per heavy atom. The van der Waals surface area contributed by atoms with Crippen molar-refractivity contribution in [3.63, 3.8) is 0 Å². The maximum atomic E-state index is 12.8. The molecule has 1 aromatic heterocycles. The number of hydrogen-bond acceptors (Lipinski definition) is 5. The summed E-state index contributed by atoms with van der Waals surface area (Å²) in [7, 11) is -3.79. The van der Waals surface area contributed by atoms with Crippen molar-refractivity contribution in [1.29, 1.82) is 0 Å². The summed E-state index contributed by atoms with van der Waals surface area (Å²) < 4.78 is 29.6. The van der Waals surface area contributed by atoms with E-state index in [1.54, 1.807) is 31.2 Å².